The third-order valence-corrected chi connectivity index (χ3v) is 2.63. The first-order valence-corrected chi connectivity index (χ1v) is 5.26. The Morgan fingerprint density at radius 2 is 1.93 bits per heavy atom. The van der Waals surface area contributed by atoms with E-state index in [0.29, 0.717) is 13.0 Å². The second kappa shape index (κ2) is 4.30. The molecule has 1 heterocycles. The van der Waals surface area contributed by atoms with Crippen molar-refractivity contribution in [2.75, 3.05) is 0 Å². The van der Waals surface area contributed by atoms with Gasteiger partial charge in [0.25, 0.3) is 0 Å². The van der Waals surface area contributed by atoms with Gasteiger partial charge in [-0.3, -0.25) is 4.79 Å². The summed E-state index contributed by atoms with van der Waals surface area (Å²) in [5.41, 5.74) is 2.46. The molecule has 1 amide bonds. The van der Waals surface area contributed by atoms with Gasteiger partial charge in [0.05, 0.1) is 6.54 Å². The lowest BCUT2D eigenvalue weighted by molar-refractivity contribution is -0.129. The van der Waals surface area contributed by atoms with Gasteiger partial charge in [-0.05, 0) is 18.9 Å². The highest BCUT2D eigenvalue weighted by molar-refractivity contribution is 5.78. The topological polar surface area (TPSA) is 20.3 Å². The predicted octanol–water partition coefficient (Wildman–Crippen LogP) is 2.71. The molecule has 0 aromatic heterocycles. The normalized spacial score (nSPS) is 16.5. The zero-order chi connectivity index (χ0) is 10.7. The van der Waals surface area contributed by atoms with E-state index in [0.717, 1.165) is 6.42 Å². The molecule has 1 aliphatic heterocycles. The molecular weight excluding hydrogens is 186 g/mol. The summed E-state index contributed by atoms with van der Waals surface area (Å²) >= 11 is 0. The highest BCUT2D eigenvalue weighted by Crippen LogP contribution is 2.17. The van der Waals surface area contributed by atoms with Crippen LogP contribution in [0, 0.1) is 0 Å². The minimum atomic E-state index is 0.226. The summed E-state index contributed by atoms with van der Waals surface area (Å²) in [5.74, 6) is 0.226. The number of nitrogens with zero attached hydrogens (tertiary/aromatic N) is 1. The van der Waals surface area contributed by atoms with Gasteiger partial charge >= 0.3 is 0 Å². The second-order valence-corrected chi connectivity index (χ2v) is 3.98. The molecule has 2 nitrogen and oxygen atoms in total. The van der Waals surface area contributed by atoms with E-state index in [1.54, 1.807) is 0 Å². The number of carbonyl (C=O) groups excluding carboxylic acids is 1. The Kier molecular flexibility index (Phi) is 2.86. The zero-order valence-corrected chi connectivity index (χ0v) is 8.94. The third kappa shape index (κ3) is 2.46. The van der Waals surface area contributed by atoms with Crippen LogP contribution >= 0.6 is 0 Å². The van der Waals surface area contributed by atoms with Crippen molar-refractivity contribution in [2.45, 2.75) is 26.3 Å². The summed E-state index contributed by atoms with van der Waals surface area (Å²) in [6.07, 6.45) is 3.53. The number of benzene rings is 1. The van der Waals surface area contributed by atoms with Crippen molar-refractivity contribution in [3.63, 3.8) is 0 Å². The van der Waals surface area contributed by atoms with Crippen LogP contribution < -0.4 is 0 Å². The molecule has 2 heteroatoms. The van der Waals surface area contributed by atoms with Crippen LogP contribution in [0.3, 0.4) is 0 Å². The molecule has 0 N–H and O–H groups in total. The van der Waals surface area contributed by atoms with Gasteiger partial charge in [0.15, 0.2) is 0 Å². The fraction of sp³-hybridized carbons (Fsp3) is 0.308. The Bertz CT molecular complexity index is 381. The van der Waals surface area contributed by atoms with Gasteiger partial charge in [-0.2, -0.15) is 0 Å². The average Bonchev–Trinajstić information content (AvgIpc) is 2.25. The molecule has 0 spiro atoms. The Hall–Kier alpha value is -1.57. The van der Waals surface area contributed by atoms with Gasteiger partial charge in [-0.1, -0.05) is 35.9 Å². The Morgan fingerprint density at radius 1 is 1.20 bits per heavy atom. The maximum absolute atomic E-state index is 11.6. The minimum absolute atomic E-state index is 0.226. The largest absolute Gasteiger partial charge is 0.315 e. The van der Waals surface area contributed by atoms with Crippen LogP contribution in [0.5, 0.6) is 0 Å². The van der Waals surface area contributed by atoms with Crippen LogP contribution in [0.2, 0.25) is 0 Å². The van der Waals surface area contributed by atoms with E-state index in [1.165, 1.54) is 11.1 Å². The molecule has 1 aromatic carbocycles. The summed E-state index contributed by atoms with van der Waals surface area (Å²) in [6.45, 7) is 2.77. The Labute approximate surface area is 90.2 Å². The Morgan fingerprint density at radius 3 is 2.67 bits per heavy atom. The lowest BCUT2D eigenvalue weighted by Crippen LogP contribution is -2.28. The van der Waals surface area contributed by atoms with Crippen molar-refractivity contribution >= 4 is 5.91 Å². The molecule has 15 heavy (non-hydrogen) atoms. The number of amides is 1. The lowest BCUT2D eigenvalue weighted by Gasteiger charge is -2.23. The molecule has 2 rings (SSSR count). The molecule has 0 unspecified atom stereocenters. The van der Waals surface area contributed by atoms with Crippen molar-refractivity contribution in [2.24, 2.45) is 0 Å². The molecule has 0 saturated carbocycles. The average molecular weight is 201 g/mol. The first-order chi connectivity index (χ1) is 7.25. The maximum Gasteiger partial charge on any atom is 0.227 e. The van der Waals surface area contributed by atoms with Gasteiger partial charge in [-0.15, -0.1) is 0 Å². The van der Waals surface area contributed by atoms with E-state index >= 15 is 0 Å². The van der Waals surface area contributed by atoms with Gasteiger partial charge in [0.1, 0.15) is 0 Å². The molecule has 0 bridgehead atoms. The van der Waals surface area contributed by atoms with E-state index in [2.05, 4.69) is 6.92 Å². The molecule has 0 atom stereocenters. The summed E-state index contributed by atoms with van der Waals surface area (Å²) in [5, 5.41) is 0. The molecule has 1 aliphatic rings. The van der Waals surface area contributed by atoms with Gasteiger partial charge in [-0.25, -0.2) is 0 Å². The first-order valence-electron chi connectivity index (χ1n) is 5.26. The van der Waals surface area contributed by atoms with E-state index < -0.39 is 0 Å². The molecular formula is C13H15NO. The monoisotopic (exact) mass is 201 g/mol. The first kappa shape index (κ1) is 9.97. The summed E-state index contributed by atoms with van der Waals surface area (Å²) < 4.78 is 0. The van der Waals surface area contributed by atoms with Gasteiger partial charge in [0.2, 0.25) is 5.91 Å². The van der Waals surface area contributed by atoms with Crippen LogP contribution in [0.4, 0.5) is 0 Å². The highest BCUT2D eigenvalue weighted by atomic mass is 16.2. The molecule has 0 radical (unpaired) electrons. The van der Waals surface area contributed by atoms with E-state index in [4.69, 9.17) is 0 Å². The number of carbonyl (C=O) groups is 1. The molecule has 1 aromatic rings. The number of hydrogen-bond acceptors (Lipinski definition) is 1. The maximum atomic E-state index is 11.6. The van der Waals surface area contributed by atoms with Crippen LogP contribution in [0.1, 0.15) is 25.3 Å². The summed E-state index contributed by atoms with van der Waals surface area (Å²) in [6, 6.07) is 10.1. The minimum Gasteiger partial charge on any atom is -0.315 e. The lowest BCUT2D eigenvalue weighted by atomic mass is 10.1. The van der Waals surface area contributed by atoms with Crippen molar-refractivity contribution in [1.82, 2.24) is 4.90 Å². The predicted molar refractivity (Wildman–Crippen MR) is 60.0 cm³/mol. The van der Waals surface area contributed by atoms with Crippen LogP contribution in [-0.2, 0) is 11.3 Å². The molecule has 0 fully saturated rings. The van der Waals surface area contributed by atoms with Crippen LogP contribution in [0.15, 0.2) is 42.1 Å². The number of hydrogen-bond donors (Lipinski definition) is 0. The Balaban J connectivity index is 2.11. The fourth-order valence-corrected chi connectivity index (χ4v) is 1.76. The van der Waals surface area contributed by atoms with E-state index in [9.17, 15) is 4.79 Å². The van der Waals surface area contributed by atoms with E-state index in [-0.39, 0.29) is 5.91 Å². The highest BCUT2D eigenvalue weighted by Gasteiger charge is 2.16. The van der Waals surface area contributed by atoms with Crippen LogP contribution in [-0.4, -0.2) is 10.8 Å². The van der Waals surface area contributed by atoms with E-state index in [1.807, 2.05) is 41.4 Å². The standard InChI is InChI=1S/C13H15NO/c1-11-7-8-13(15)14(9-11)10-12-5-3-2-4-6-12/h2-6,9H,7-8,10H2,1H3. The summed E-state index contributed by atoms with van der Waals surface area (Å²) in [4.78, 5) is 13.4. The smallest absolute Gasteiger partial charge is 0.227 e. The molecule has 0 saturated heterocycles. The van der Waals surface area contributed by atoms with Crippen LogP contribution in [0.25, 0.3) is 0 Å². The summed E-state index contributed by atoms with van der Waals surface area (Å²) in [7, 11) is 0. The van der Waals surface area contributed by atoms with Gasteiger partial charge in [0, 0.05) is 12.6 Å². The van der Waals surface area contributed by atoms with Gasteiger partial charge < -0.3 is 4.90 Å². The fourth-order valence-electron chi connectivity index (χ4n) is 1.76. The quantitative estimate of drug-likeness (QED) is 0.720. The number of allylic oxidation sites excluding steroid dienone is 1. The number of rotatable bonds is 2. The van der Waals surface area contributed by atoms with Crippen molar-refractivity contribution in [3.05, 3.63) is 47.7 Å². The molecule has 0 aliphatic carbocycles. The van der Waals surface area contributed by atoms with Crippen molar-refractivity contribution in [1.29, 1.82) is 0 Å². The van der Waals surface area contributed by atoms with Crippen molar-refractivity contribution < 1.29 is 4.79 Å². The second-order valence-electron chi connectivity index (χ2n) is 3.98. The van der Waals surface area contributed by atoms with Crippen molar-refractivity contribution in [3.8, 4) is 0 Å². The third-order valence-electron chi connectivity index (χ3n) is 2.63. The molecule has 78 valence electrons. The zero-order valence-electron chi connectivity index (χ0n) is 8.94. The SMILES string of the molecule is CC1=CN(Cc2ccccc2)C(=O)CC1.